The molecule has 0 spiro atoms. The highest BCUT2D eigenvalue weighted by Gasteiger charge is 2.29. The van der Waals surface area contributed by atoms with E-state index >= 15 is 0 Å². The zero-order valence-electron chi connectivity index (χ0n) is 19.6. The second-order valence-electron chi connectivity index (χ2n) is 8.26. The summed E-state index contributed by atoms with van der Waals surface area (Å²) in [7, 11) is 3.96. The smallest absolute Gasteiger partial charge is 0.310 e. The summed E-state index contributed by atoms with van der Waals surface area (Å²) in [5, 5.41) is 0.746. The molecule has 2 heterocycles. The molecule has 1 atom stereocenters. The first-order valence-corrected chi connectivity index (χ1v) is 12.0. The molecule has 7 nitrogen and oxygen atoms in total. The van der Waals surface area contributed by atoms with Gasteiger partial charge >= 0.3 is 5.97 Å². The minimum atomic E-state index is -0.228. The average Bonchev–Trinajstić information content (AvgIpc) is 2.79. The number of carbonyl (C=O) groups excluding carboxylic acids is 2. The van der Waals surface area contributed by atoms with Crippen LogP contribution in [-0.4, -0.2) is 60.5 Å². The van der Waals surface area contributed by atoms with E-state index in [0.29, 0.717) is 25.3 Å². The Hall–Kier alpha value is -2.61. The fourth-order valence-corrected chi connectivity index (χ4v) is 4.62. The molecular weight excluding hydrogens is 424 g/mol. The molecule has 1 aromatic carbocycles. The summed E-state index contributed by atoms with van der Waals surface area (Å²) in [5.74, 6) is 1.19. The molecule has 1 aliphatic rings. The maximum atomic E-state index is 12.9. The Morgan fingerprint density at radius 3 is 2.56 bits per heavy atom. The van der Waals surface area contributed by atoms with Crippen LogP contribution in [0.5, 0.6) is 0 Å². The van der Waals surface area contributed by atoms with Crippen molar-refractivity contribution in [2.45, 2.75) is 44.5 Å². The summed E-state index contributed by atoms with van der Waals surface area (Å²) in [4.78, 5) is 38.0. The van der Waals surface area contributed by atoms with Crippen molar-refractivity contribution < 1.29 is 14.3 Å². The molecule has 0 aliphatic carbocycles. The Balaban J connectivity index is 1.61. The second-order valence-corrected chi connectivity index (χ2v) is 9.21. The van der Waals surface area contributed by atoms with E-state index in [1.807, 2.05) is 57.1 Å². The molecule has 1 unspecified atom stereocenters. The van der Waals surface area contributed by atoms with Gasteiger partial charge in [0, 0.05) is 49.8 Å². The third-order valence-corrected chi connectivity index (χ3v) is 6.58. The molecule has 1 saturated heterocycles. The lowest BCUT2D eigenvalue weighted by atomic mass is 9.97. The van der Waals surface area contributed by atoms with Gasteiger partial charge in [0.2, 0.25) is 0 Å². The fraction of sp³-hybridized carbons (Fsp3) is 0.500. The van der Waals surface area contributed by atoms with Crippen LogP contribution in [0.25, 0.3) is 0 Å². The lowest BCUT2D eigenvalue weighted by Crippen LogP contribution is -2.42. The van der Waals surface area contributed by atoms with Crippen LogP contribution in [0.4, 0.5) is 5.82 Å². The maximum absolute atomic E-state index is 12.9. The summed E-state index contributed by atoms with van der Waals surface area (Å²) < 4.78 is 5.14. The van der Waals surface area contributed by atoms with Gasteiger partial charge in [0.25, 0.3) is 5.91 Å². The van der Waals surface area contributed by atoms with E-state index in [-0.39, 0.29) is 17.8 Å². The van der Waals surface area contributed by atoms with Gasteiger partial charge in [-0.3, -0.25) is 9.59 Å². The van der Waals surface area contributed by atoms with Crippen molar-refractivity contribution in [1.82, 2.24) is 14.9 Å². The lowest BCUT2D eigenvalue weighted by molar-refractivity contribution is -0.149. The Labute approximate surface area is 194 Å². The second kappa shape index (κ2) is 10.8. The molecule has 1 fully saturated rings. The number of amides is 1. The first-order chi connectivity index (χ1) is 15.3. The van der Waals surface area contributed by atoms with Gasteiger partial charge in [-0.1, -0.05) is 23.9 Å². The fourth-order valence-electron chi connectivity index (χ4n) is 3.78. The van der Waals surface area contributed by atoms with E-state index in [0.717, 1.165) is 46.4 Å². The molecule has 2 aromatic rings. The molecule has 0 radical (unpaired) electrons. The lowest BCUT2D eigenvalue weighted by Gasteiger charge is -2.31. The number of esters is 1. The molecule has 0 N–H and O–H groups in total. The minimum absolute atomic E-state index is 0.0358. The van der Waals surface area contributed by atoms with Gasteiger partial charge in [-0.25, -0.2) is 9.97 Å². The first-order valence-electron chi connectivity index (χ1n) is 11.0. The van der Waals surface area contributed by atoms with Crippen molar-refractivity contribution in [2.24, 2.45) is 5.92 Å². The molecule has 1 aromatic heterocycles. The number of hydrogen-bond acceptors (Lipinski definition) is 7. The van der Waals surface area contributed by atoms with Crippen molar-refractivity contribution >= 4 is 29.5 Å². The van der Waals surface area contributed by atoms with E-state index < -0.39 is 0 Å². The molecule has 172 valence electrons. The number of aryl methyl sites for hydroxylation is 1. The normalized spacial score (nSPS) is 16.0. The van der Waals surface area contributed by atoms with Gasteiger partial charge in [-0.2, -0.15) is 0 Å². The SMILES string of the molecule is CCOC(=O)C1CCCN(C(=O)c2ccc(CSc3nc(C)c(C)c(N(C)C)n3)cc2)C1. The zero-order chi connectivity index (χ0) is 23.3. The predicted molar refractivity (Wildman–Crippen MR) is 127 cm³/mol. The van der Waals surface area contributed by atoms with E-state index in [2.05, 4.69) is 9.97 Å². The third kappa shape index (κ3) is 5.79. The van der Waals surface area contributed by atoms with Crippen molar-refractivity contribution in [2.75, 3.05) is 38.7 Å². The Morgan fingerprint density at radius 2 is 1.91 bits per heavy atom. The van der Waals surface area contributed by atoms with Crippen LogP contribution in [0.15, 0.2) is 29.4 Å². The topological polar surface area (TPSA) is 75.6 Å². The predicted octanol–water partition coefficient (Wildman–Crippen LogP) is 3.87. The van der Waals surface area contributed by atoms with Gasteiger partial charge in [0.15, 0.2) is 5.16 Å². The molecule has 32 heavy (non-hydrogen) atoms. The molecule has 0 saturated carbocycles. The van der Waals surface area contributed by atoms with Crippen LogP contribution in [0, 0.1) is 19.8 Å². The number of carbonyl (C=O) groups is 2. The van der Waals surface area contributed by atoms with Crippen LogP contribution in [0.1, 0.15) is 46.9 Å². The Bertz CT molecular complexity index is 962. The number of thioether (sulfide) groups is 1. The standard InChI is InChI=1S/C24H32N4O3S/c1-6-31-23(30)20-8-7-13-28(14-20)22(29)19-11-9-18(10-12-19)15-32-24-25-17(3)16(2)21(26-24)27(4)5/h9-12,20H,6-8,13-15H2,1-5H3. The Kier molecular flexibility index (Phi) is 8.12. The van der Waals surface area contributed by atoms with Crippen LogP contribution in [0.3, 0.4) is 0 Å². The molecule has 3 rings (SSSR count). The number of nitrogens with zero attached hydrogens (tertiary/aromatic N) is 4. The number of hydrogen-bond donors (Lipinski definition) is 0. The van der Waals surface area contributed by atoms with Crippen LogP contribution < -0.4 is 4.90 Å². The maximum Gasteiger partial charge on any atom is 0.310 e. The quantitative estimate of drug-likeness (QED) is 0.356. The van der Waals surface area contributed by atoms with Crippen LogP contribution >= 0.6 is 11.8 Å². The number of benzene rings is 1. The van der Waals surface area contributed by atoms with Gasteiger partial charge in [-0.15, -0.1) is 0 Å². The van der Waals surface area contributed by atoms with Crippen molar-refractivity contribution in [3.05, 3.63) is 46.6 Å². The summed E-state index contributed by atoms with van der Waals surface area (Å²) in [6.45, 7) is 7.30. The number of likely N-dealkylation sites (tertiary alicyclic amines) is 1. The van der Waals surface area contributed by atoms with Crippen LogP contribution in [-0.2, 0) is 15.3 Å². The largest absolute Gasteiger partial charge is 0.466 e. The van der Waals surface area contributed by atoms with E-state index in [1.165, 1.54) is 0 Å². The highest BCUT2D eigenvalue weighted by Crippen LogP contribution is 2.26. The van der Waals surface area contributed by atoms with Gasteiger partial charge in [0.1, 0.15) is 5.82 Å². The van der Waals surface area contributed by atoms with E-state index in [4.69, 9.17) is 4.74 Å². The number of aromatic nitrogens is 2. The molecule has 1 amide bonds. The van der Waals surface area contributed by atoms with Crippen molar-refractivity contribution in [3.8, 4) is 0 Å². The minimum Gasteiger partial charge on any atom is -0.466 e. The van der Waals surface area contributed by atoms with Crippen molar-refractivity contribution in [1.29, 1.82) is 0 Å². The van der Waals surface area contributed by atoms with E-state index in [9.17, 15) is 9.59 Å². The molecule has 0 bridgehead atoms. The Morgan fingerprint density at radius 1 is 1.19 bits per heavy atom. The number of anilines is 1. The van der Waals surface area contributed by atoms with Crippen LogP contribution in [0.2, 0.25) is 0 Å². The van der Waals surface area contributed by atoms with Gasteiger partial charge in [0.05, 0.1) is 12.5 Å². The van der Waals surface area contributed by atoms with Crippen molar-refractivity contribution in [3.63, 3.8) is 0 Å². The summed E-state index contributed by atoms with van der Waals surface area (Å²) in [6.07, 6.45) is 1.59. The highest BCUT2D eigenvalue weighted by molar-refractivity contribution is 7.98. The highest BCUT2D eigenvalue weighted by atomic mass is 32.2. The van der Waals surface area contributed by atoms with Gasteiger partial charge in [-0.05, 0) is 51.3 Å². The summed E-state index contributed by atoms with van der Waals surface area (Å²) >= 11 is 1.58. The molecule has 1 aliphatic heterocycles. The van der Waals surface area contributed by atoms with Gasteiger partial charge < -0.3 is 14.5 Å². The van der Waals surface area contributed by atoms with E-state index in [1.54, 1.807) is 23.6 Å². The third-order valence-electron chi connectivity index (χ3n) is 5.66. The molecular formula is C24H32N4O3S. The summed E-state index contributed by atoms with van der Waals surface area (Å²) in [5.41, 5.74) is 3.81. The number of ether oxygens (including phenoxy) is 1. The monoisotopic (exact) mass is 456 g/mol. The average molecular weight is 457 g/mol. The number of rotatable bonds is 7. The first kappa shape index (κ1) is 24.0. The summed E-state index contributed by atoms with van der Waals surface area (Å²) in [6, 6.07) is 7.67. The number of piperidine rings is 1. The molecule has 8 heteroatoms. The zero-order valence-corrected chi connectivity index (χ0v) is 20.4.